The number of hydrogen-bond donors (Lipinski definition) is 1. The summed E-state index contributed by atoms with van der Waals surface area (Å²) >= 11 is 3.37. The Morgan fingerprint density at radius 3 is 2.82 bits per heavy atom. The minimum absolute atomic E-state index is 0.174. The van der Waals surface area contributed by atoms with Crippen LogP contribution < -0.4 is 5.32 Å². The Hall–Kier alpha value is -2.41. The maximum Gasteiger partial charge on any atom is 0.258 e. The van der Waals surface area contributed by atoms with E-state index in [4.69, 9.17) is 0 Å². The number of aryl methyl sites for hydroxylation is 1. The van der Waals surface area contributed by atoms with Crippen LogP contribution in [0.4, 0.5) is 5.69 Å². The molecule has 0 bridgehead atoms. The molecule has 2 heterocycles. The van der Waals surface area contributed by atoms with E-state index in [0.717, 1.165) is 15.7 Å². The number of carbonyl (C=O) groups excluding carboxylic acids is 1. The summed E-state index contributed by atoms with van der Waals surface area (Å²) in [5.41, 5.74) is 2.33. The van der Waals surface area contributed by atoms with Gasteiger partial charge in [-0.25, -0.2) is 0 Å². The average molecular weight is 360 g/mol. The van der Waals surface area contributed by atoms with Crippen LogP contribution in [-0.4, -0.2) is 25.5 Å². The van der Waals surface area contributed by atoms with Crippen molar-refractivity contribution in [1.29, 1.82) is 0 Å². The highest BCUT2D eigenvalue weighted by atomic mass is 79.9. The van der Waals surface area contributed by atoms with Crippen molar-refractivity contribution in [3.63, 3.8) is 0 Å². The highest BCUT2D eigenvalue weighted by Crippen LogP contribution is 2.14. The minimum atomic E-state index is -0.174. The number of halogens is 1. The molecule has 7 heteroatoms. The standard InChI is InChI=1S/C15H14BrN5O/c1-20-9-12(6-17-20)15(22)19-14-4-2-3-11(5-14)8-21-10-13(16)7-18-21/h2-7,9-10H,8H2,1H3,(H,19,22). The first-order chi connectivity index (χ1) is 10.6. The van der Waals surface area contributed by atoms with E-state index in [1.54, 1.807) is 30.3 Å². The quantitative estimate of drug-likeness (QED) is 0.778. The van der Waals surface area contributed by atoms with Gasteiger partial charge in [-0.3, -0.25) is 14.2 Å². The molecule has 1 N–H and O–H groups in total. The molecule has 0 fully saturated rings. The van der Waals surface area contributed by atoms with Crippen LogP contribution in [0.15, 0.2) is 53.5 Å². The minimum Gasteiger partial charge on any atom is -0.322 e. The lowest BCUT2D eigenvalue weighted by Crippen LogP contribution is -2.11. The molecule has 0 saturated heterocycles. The number of rotatable bonds is 4. The summed E-state index contributed by atoms with van der Waals surface area (Å²) in [5, 5.41) is 11.1. The van der Waals surface area contributed by atoms with Crippen LogP contribution in [0.3, 0.4) is 0 Å². The van der Waals surface area contributed by atoms with Crippen molar-refractivity contribution in [2.45, 2.75) is 6.54 Å². The number of anilines is 1. The van der Waals surface area contributed by atoms with Crippen LogP contribution in [0.2, 0.25) is 0 Å². The first-order valence-corrected chi connectivity index (χ1v) is 7.46. The van der Waals surface area contributed by atoms with Gasteiger partial charge in [0, 0.05) is 25.1 Å². The fourth-order valence-corrected chi connectivity index (χ4v) is 2.43. The molecule has 0 atom stereocenters. The molecule has 112 valence electrons. The van der Waals surface area contributed by atoms with Gasteiger partial charge in [-0.2, -0.15) is 10.2 Å². The Morgan fingerprint density at radius 1 is 1.27 bits per heavy atom. The third-order valence-corrected chi connectivity index (χ3v) is 3.51. The van der Waals surface area contributed by atoms with E-state index in [0.29, 0.717) is 12.1 Å². The summed E-state index contributed by atoms with van der Waals surface area (Å²) in [5.74, 6) is -0.174. The summed E-state index contributed by atoms with van der Waals surface area (Å²) < 4.78 is 4.36. The SMILES string of the molecule is Cn1cc(C(=O)Nc2cccc(Cn3cc(Br)cn3)c2)cn1. The zero-order chi connectivity index (χ0) is 15.5. The molecule has 0 saturated carbocycles. The third kappa shape index (κ3) is 3.43. The summed E-state index contributed by atoms with van der Waals surface area (Å²) in [4.78, 5) is 12.1. The van der Waals surface area contributed by atoms with Gasteiger partial charge in [0.25, 0.3) is 5.91 Å². The fraction of sp³-hybridized carbons (Fsp3) is 0.133. The number of amides is 1. The van der Waals surface area contributed by atoms with Crippen LogP contribution in [0.1, 0.15) is 15.9 Å². The van der Waals surface area contributed by atoms with Gasteiger partial charge in [0.1, 0.15) is 0 Å². The van der Waals surface area contributed by atoms with Gasteiger partial charge in [0.15, 0.2) is 0 Å². The Morgan fingerprint density at radius 2 is 2.14 bits per heavy atom. The van der Waals surface area contributed by atoms with E-state index in [1.807, 2.05) is 35.1 Å². The van der Waals surface area contributed by atoms with Gasteiger partial charge < -0.3 is 5.32 Å². The normalized spacial score (nSPS) is 10.6. The van der Waals surface area contributed by atoms with E-state index in [2.05, 4.69) is 31.4 Å². The molecule has 0 radical (unpaired) electrons. The van der Waals surface area contributed by atoms with Crippen LogP contribution in [0.5, 0.6) is 0 Å². The van der Waals surface area contributed by atoms with Crippen molar-refractivity contribution in [2.75, 3.05) is 5.32 Å². The lowest BCUT2D eigenvalue weighted by Gasteiger charge is -2.07. The zero-order valence-electron chi connectivity index (χ0n) is 11.9. The van der Waals surface area contributed by atoms with Crippen molar-refractivity contribution in [1.82, 2.24) is 19.6 Å². The number of hydrogen-bond acceptors (Lipinski definition) is 3. The predicted octanol–water partition coefficient (Wildman–Crippen LogP) is 2.68. The molecular weight excluding hydrogens is 346 g/mol. The topological polar surface area (TPSA) is 64.7 Å². The Labute approximate surface area is 135 Å². The maximum atomic E-state index is 12.1. The summed E-state index contributed by atoms with van der Waals surface area (Å²) in [6.45, 7) is 0.641. The number of nitrogens with one attached hydrogen (secondary N) is 1. The van der Waals surface area contributed by atoms with Crippen LogP contribution in [0, 0.1) is 0 Å². The molecule has 0 aliphatic rings. The number of aromatic nitrogens is 4. The second-order valence-corrected chi connectivity index (χ2v) is 5.83. The molecule has 3 rings (SSSR count). The number of benzene rings is 1. The van der Waals surface area contributed by atoms with Gasteiger partial charge in [-0.15, -0.1) is 0 Å². The van der Waals surface area contributed by atoms with Gasteiger partial charge in [0.2, 0.25) is 0 Å². The maximum absolute atomic E-state index is 12.1. The number of nitrogens with zero attached hydrogens (tertiary/aromatic N) is 4. The Balaban J connectivity index is 1.72. The smallest absolute Gasteiger partial charge is 0.258 e. The Kier molecular flexibility index (Phi) is 4.06. The molecule has 1 aromatic carbocycles. The van der Waals surface area contributed by atoms with Crippen molar-refractivity contribution in [3.05, 3.63) is 64.7 Å². The van der Waals surface area contributed by atoms with Crippen molar-refractivity contribution < 1.29 is 4.79 Å². The van der Waals surface area contributed by atoms with Gasteiger partial charge in [0.05, 0.1) is 29.0 Å². The lowest BCUT2D eigenvalue weighted by atomic mass is 10.2. The first kappa shape index (κ1) is 14.5. The molecule has 22 heavy (non-hydrogen) atoms. The van der Waals surface area contributed by atoms with E-state index < -0.39 is 0 Å². The lowest BCUT2D eigenvalue weighted by molar-refractivity contribution is 0.102. The van der Waals surface area contributed by atoms with Crippen molar-refractivity contribution in [3.8, 4) is 0 Å². The third-order valence-electron chi connectivity index (χ3n) is 3.10. The average Bonchev–Trinajstić information content (AvgIpc) is 3.08. The molecule has 0 aliphatic heterocycles. The monoisotopic (exact) mass is 359 g/mol. The molecule has 6 nitrogen and oxygen atoms in total. The highest BCUT2D eigenvalue weighted by molar-refractivity contribution is 9.10. The number of carbonyl (C=O) groups is 1. The van der Waals surface area contributed by atoms with Gasteiger partial charge >= 0.3 is 0 Å². The molecule has 0 unspecified atom stereocenters. The second-order valence-electron chi connectivity index (χ2n) is 4.91. The van der Waals surface area contributed by atoms with E-state index >= 15 is 0 Å². The molecule has 0 aliphatic carbocycles. The van der Waals surface area contributed by atoms with Crippen molar-refractivity contribution in [2.24, 2.45) is 7.05 Å². The molecule has 1 amide bonds. The largest absolute Gasteiger partial charge is 0.322 e. The van der Waals surface area contributed by atoms with Gasteiger partial charge in [-0.1, -0.05) is 12.1 Å². The van der Waals surface area contributed by atoms with E-state index in [-0.39, 0.29) is 5.91 Å². The van der Waals surface area contributed by atoms with Crippen LogP contribution in [0.25, 0.3) is 0 Å². The zero-order valence-corrected chi connectivity index (χ0v) is 13.5. The molecular formula is C15H14BrN5O. The first-order valence-electron chi connectivity index (χ1n) is 6.67. The summed E-state index contributed by atoms with van der Waals surface area (Å²) in [6, 6.07) is 7.70. The second kappa shape index (κ2) is 6.15. The highest BCUT2D eigenvalue weighted by Gasteiger charge is 2.08. The molecule has 0 spiro atoms. The molecule has 2 aromatic heterocycles. The van der Waals surface area contributed by atoms with Crippen molar-refractivity contribution >= 4 is 27.5 Å². The van der Waals surface area contributed by atoms with Crippen LogP contribution >= 0.6 is 15.9 Å². The van der Waals surface area contributed by atoms with E-state index in [1.165, 1.54) is 0 Å². The van der Waals surface area contributed by atoms with E-state index in [9.17, 15) is 4.79 Å². The predicted molar refractivity (Wildman–Crippen MR) is 86.6 cm³/mol. The summed E-state index contributed by atoms with van der Waals surface area (Å²) in [6.07, 6.45) is 6.87. The fourth-order valence-electron chi connectivity index (χ4n) is 2.10. The molecule has 3 aromatic rings. The van der Waals surface area contributed by atoms with Gasteiger partial charge in [-0.05, 0) is 33.6 Å². The summed E-state index contributed by atoms with van der Waals surface area (Å²) in [7, 11) is 1.78. The van der Waals surface area contributed by atoms with Crippen LogP contribution in [-0.2, 0) is 13.6 Å². The Bertz CT molecular complexity index is 808.